The number of amides is 1. The summed E-state index contributed by atoms with van der Waals surface area (Å²) in [4.78, 5) is 24.7. The molecule has 0 radical (unpaired) electrons. The fourth-order valence-corrected chi connectivity index (χ4v) is 3.58. The first kappa shape index (κ1) is 22.4. The lowest BCUT2D eigenvalue weighted by Gasteiger charge is -2.08. The van der Waals surface area contributed by atoms with E-state index >= 15 is 0 Å². The number of halogens is 3. The Labute approximate surface area is 180 Å². The third-order valence-electron chi connectivity index (χ3n) is 4.14. The fraction of sp³-hybridized carbons (Fsp3) is 0.182. The van der Waals surface area contributed by atoms with Gasteiger partial charge >= 0.3 is 12.3 Å². The lowest BCUT2D eigenvalue weighted by atomic mass is 10.1. The van der Waals surface area contributed by atoms with Crippen LogP contribution in [-0.4, -0.2) is 24.8 Å². The van der Waals surface area contributed by atoms with E-state index in [1.165, 1.54) is 35.6 Å². The molecule has 5 nitrogen and oxygen atoms in total. The molecule has 3 aromatic rings. The van der Waals surface area contributed by atoms with E-state index in [2.05, 4.69) is 10.1 Å². The molecule has 3 rings (SSSR count). The van der Waals surface area contributed by atoms with Crippen LogP contribution in [0.2, 0.25) is 0 Å². The number of hydrogen-bond donors (Lipinski definition) is 1. The Morgan fingerprint density at radius 2 is 1.77 bits per heavy atom. The summed E-state index contributed by atoms with van der Waals surface area (Å²) in [6, 6.07) is 13.9. The molecule has 9 heteroatoms. The molecule has 0 bridgehead atoms. The van der Waals surface area contributed by atoms with Crippen LogP contribution in [0.4, 0.5) is 13.2 Å². The van der Waals surface area contributed by atoms with Crippen molar-refractivity contribution >= 4 is 23.2 Å². The average Bonchev–Trinajstić information content (AvgIpc) is 3.22. The molecule has 0 aliphatic rings. The van der Waals surface area contributed by atoms with Crippen LogP contribution in [0.1, 0.15) is 32.5 Å². The van der Waals surface area contributed by atoms with Crippen LogP contribution in [0.3, 0.4) is 0 Å². The smallest absolute Gasteiger partial charge is 0.462 e. The van der Waals surface area contributed by atoms with Gasteiger partial charge in [-0.3, -0.25) is 4.79 Å². The molecule has 0 aliphatic carbocycles. The highest BCUT2D eigenvalue weighted by atomic mass is 32.1. The molecule has 0 fully saturated rings. The Hall–Kier alpha value is -3.33. The molecular weight excluding hydrogens is 431 g/mol. The van der Waals surface area contributed by atoms with Crippen LogP contribution in [0.15, 0.2) is 60.0 Å². The van der Waals surface area contributed by atoms with E-state index in [-0.39, 0.29) is 24.8 Å². The van der Waals surface area contributed by atoms with Crippen molar-refractivity contribution in [3.63, 3.8) is 0 Å². The van der Waals surface area contributed by atoms with Gasteiger partial charge in [0.25, 0.3) is 5.91 Å². The van der Waals surface area contributed by atoms with Gasteiger partial charge in [0.1, 0.15) is 5.75 Å². The Morgan fingerprint density at radius 1 is 1.03 bits per heavy atom. The predicted octanol–water partition coefficient (Wildman–Crippen LogP) is 5.42. The first-order valence-electron chi connectivity index (χ1n) is 9.24. The maximum Gasteiger partial charge on any atom is 0.573 e. The van der Waals surface area contributed by atoms with Gasteiger partial charge in [-0.15, -0.1) is 24.5 Å². The number of carbonyl (C=O) groups is 2. The molecule has 31 heavy (non-hydrogen) atoms. The lowest BCUT2D eigenvalue weighted by Crippen LogP contribution is -2.22. The molecule has 1 amide bonds. The summed E-state index contributed by atoms with van der Waals surface area (Å²) >= 11 is 1.22. The summed E-state index contributed by atoms with van der Waals surface area (Å²) in [5.41, 5.74) is 2.52. The molecule has 1 N–H and O–H groups in total. The number of rotatable bonds is 7. The van der Waals surface area contributed by atoms with Crippen LogP contribution >= 0.6 is 11.3 Å². The summed E-state index contributed by atoms with van der Waals surface area (Å²) in [6.07, 6.45) is -4.75. The monoisotopic (exact) mass is 449 g/mol. The summed E-state index contributed by atoms with van der Waals surface area (Å²) in [6.45, 7) is 2.23. The van der Waals surface area contributed by atoms with Crippen molar-refractivity contribution in [2.75, 3.05) is 6.61 Å². The van der Waals surface area contributed by atoms with Gasteiger partial charge in [0, 0.05) is 6.54 Å². The second kappa shape index (κ2) is 9.65. The van der Waals surface area contributed by atoms with Crippen LogP contribution in [0, 0.1) is 0 Å². The molecule has 0 spiro atoms. The van der Waals surface area contributed by atoms with Crippen molar-refractivity contribution in [3.8, 4) is 16.9 Å². The summed E-state index contributed by atoms with van der Waals surface area (Å²) in [5.74, 6) is -1.03. The Bertz CT molecular complexity index is 1060. The van der Waals surface area contributed by atoms with Gasteiger partial charge in [-0.05, 0) is 59.3 Å². The quantitative estimate of drug-likeness (QED) is 0.489. The zero-order valence-corrected chi connectivity index (χ0v) is 17.2. The van der Waals surface area contributed by atoms with E-state index in [0.29, 0.717) is 21.6 Å². The number of esters is 1. The van der Waals surface area contributed by atoms with Crippen molar-refractivity contribution < 1.29 is 32.2 Å². The van der Waals surface area contributed by atoms with E-state index in [4.69, 9.17) is 4.74 Å². The van der Waals surface area contributed by atoms with Gasteiger partial charge in [0.2, 0.25) is 0 Å². The minimum absolute atomic E-state index is 0.225. The van der Waals surface area contributed by atoms with Crippen LogP contribution in [-0.2, 0) is 11.3 Å². The molecule has 1 heterocycles. The number of thiophene rings is 1. The van der Waals surface area contributed by atoms with Gasteiger partial charge in [0.15, 0.2) is 0 Å². The van der Waals surface area contributed by atoms with Crippen molar-refractivity contribution in [1.82, 2.24) is 5.32 Å². The maximum atomic E-state index is 12.5. The van der Waals surface area contributed by atoms with Crippen molar-refractivity contribution in [2.45, 2.75) is 19.8 Å². The minimum Gasteiger partial charge on any atom is -0.462 e. The maximum absolute atomic E-state index is 12.5. The minimum atomic E-state index is -4.75. The molecule has 0 aliphatic heterocycles. The second-order valence-electron chi connectivity index (χ2n) is 6.38. The van der Waals surface area contributed by atoms with E-state index in [9.17, 15) is 22.8 Å². The highest BCUT2D eigenvalue weighted by Gasteiger charge is 2.31. The van der Waals surface area contributed by atoms with Crippen LogP contribution in [0.25, 0.3) is 11.1 Å². The molecule has 2 aromatic carbocycles. The summed E-state index contributed by atoms with van der Waals surface area (Å²) in [5, 5.41) is 4.53. The number of hydrogen-bond acceptors (Lipinski definition) is 5. The first-order chi connectivity index (χ1) is 14.7. The van der Waals surface area contributed by atoms with Gasteiger partial charge in [-0.1, -0.05) is 24.3 Å². The van der Waals surface area contributed by atoms with Gasteiger partial charge in [-0.2, -0.15) is 0 Å². The zero-order valence-electron chi connectivity index (χ0n) is 16.4. The van der Waals surface area contributed by atoms with Gasteiger partial charge in [-0.25, -0.2) is 4.79 Å². The Balaban J connectivity index is 1.62. The third-order valence-corrected chi connectivity index (χ3v) is 5.06. The van der Waals surface area contributed by atoms with Gasteiger partial charge in [0.05, 0.1) is 17.0 Å². The zero-order chi connectivity index (χ0) is 22.4. The topological polar surface area (TPSA) is 64.6 Å². The lowest BCUT2D eigenvalue weighted by molar-refractivity contribution is -0.274. The number of carbonyl (C=O) groups excluding carboxylic acids is 2. The van der Waals surface area contributed by atoms with E-state index in [1.54, 1.807) is 42.6 Å². The third kappa shape index (κ3) is 6.32. The number of benzene rings is 2. The Kier molecular flexibility index (Phi) is 6.96. The molecular formula is C22H18F3NO4S. The second-order valence-corrected chi connectivity index (χ2v) is 7.29. The Morgan fingerprint density at radius 3 is 2.45 bits per heavy atom. The van der Waals surface area contributed by atoms with Crippen molar-refractivity contribution in [3.05, 3.63) is 76.0 Å². The predicted molar refractivity (Wildman–Crippen MR) is 110 cm³/mol. The first-order valence-corrected chi connectivity index (χ1v) is 10.1. The van der Waals surface area contributed by atoms with Crippen LogP contribution < -0.4 is 10.1 Å². The van der Waals surface area contributed by atoms with E-state index in [0.717, 1.165) is 5.56 Å². The number of ether oxygens (including phenoxy) is 2. The molecule has 0 saturated carbocycles. The highest BCUT2D eigenvalue weighted by molar-refractivity contribution is 7.12. The van der Waals surface area contributed by atoms with E-state index in [1.807, 2.05) is 0 Å². The fourth-order valence-electron chi connectivity index (χ4n) is 2.75. The van der Waals surface area contributed by atoms with Gasteiger partial charge < -0.3 is 14.8 Å². The molecule has 0 atom stereocenters. The molecule has 162 valence electrons. The highest BCUT2D eigenvalue weighted by Crippen LogP contribution is 2.29. The normalized spacial score (nSPS) is 11.1. The van der Waals surface area contributed by atoms with Crippen molar-refractivity contribution in [2.24, 2.45) is 0 Å². The molecule has 0 unspecified atom stereocenters. The average molecular weight is 449 g/mol. The summed E-state index contributed by atoms with van der Waals surface area (Å²) in [7, 11) is 0. The number of alkyl halides is 3. The van der Waals surface area contributed by atoms with Crippen LogP contribution in [0.5, 0.6) is 5.75 Å². The summed E-state index contributed by atoms with van der Waals surface area (Å²) < 4.78 is 45.6. The molecule has 0 saturated heterocycles. The SMILES string of the molecule is CCOC(=O)c1cccc(CNC(=O)c2cc(-c3ccc(OC(F)(F)F)cc3)cs2)c1. The van der Waals surface area contributed by atoms with Crippen molar-refractivity contribution in [1.29, 1.82) is 0 Å². The largest absolute Gasteiger partial charge is 0.573 e. The van der Waals surface area contributed by atoms with E-state index < -0.39 is 12.3 Å². The number of nitrogens with one attached hydrogen (secondary N) is 1. The standard InChI is InChI=1S/C22H18F3NO4S/c1-2-29-21(28)16-5-3-4-14(10-16)12-26-20(27)19-11-17(13-31-19)15-6-8-18(9-7-15)30-22(23,24)25/h3-11,13H,2,12H2,1H3,(H,26,27). The molecule has 1 aromatic heterocycles.